The summed E-state index contributed by atoms with van der Waals surface area (Å²) in [5, 5.41) is 4.03. The number of amides is 1. The SMILES string of the molecule is CC(=O)OC(C)(C)CN(C(=O)OC(C)(C)C)C1=CC=C2C(=CC=CC(CBr)=C2Br)N1. The van der Waals surface area contributed by atoms with Crippen LogP contribution in [0.3, 0.4) is 0 Å². The molecule has 1 N–H and O–H groups in total. The van der Waals surface area contributed by atoms with Gasteiger partial charge in [0.05, 0.1) is 6.54 Å². The van der Waals surface area contributed by atoms with E-state index in [2.05, 4.69) is 37.2 Å². The molecule has 1 aliphatic heterocycles. The van der Waals surface area contributed by atoms with Gasteiger partial charge in [-0.1, -0.05) is 28.1 Å². The average molecular weight is 544 g/mol. The van der Waals surface area contributed by atoms with Crippen molar-refractivity contribution in [2.24, 2.45) is 0 Å². The molecule has 0 fully saturated rings. The number of hydrogen-bond acceptors (Lipinski definition) is 5. The minimum Gasteiger partial charge on any atom is -0.458 e. The van der Waals surface area contributed by atoms with Crippen LogP contribution >= 0.6 is 31.9 Å². The molecule has 0 unspecified atom stereocenters. The molecule has 1 amide bonds. The highest BCUT2D eigenvalue weighted by molar-refractivity contribution is 9.12. The Morgan fingerprint density at radius 3 is 2.33 bits per heavy atom. The number of nitrogens with zero attached hydrogens (tertiary/aromatic N) is 1. The molecule has 6 nitrogen and oxygen atoms in total. The van der Waals surface area contributed by atoms with Gasteiger partial charge in [0.25, 0.3) is 0 Å². The number of carbonyl (C=O) groups is 2. The zero-order valence-corrected chi connectivity index (χ0v) is 21.3. The van der Waals surface area contributed by atoms with Gasteiger partial charge in [-0.3, -0.25) is 9.69 Å². The first-order valence-corrected chi connectivity index (χ1v) is 11.5. The number of hydrogen-bond donors (Lipinski definition) is 1. The quantitative estimate of drug-likeness (QED) is 0.369. The third-order valence-corrected chi connectivity index (χ3v) is 5.59. The molecule has 0 spiro atoms. The minimum atomic E-state index is -0.906. The Morgan fingerprint density at radius 1 is 1.10 bits per heavy atom. The third kappa shape index (κ3) is 6.60. The van der Waals surface area contributed by atoms with Crippen LogP contribution in [-0.2, 0) is 14.3 Å². The monoisotopic (exact) mass is 542 g/mol. The van der Waals surface area contributed by atoms with Crippen molar-refractivity contribution in [2.45, 2.75) is 52.7 Å². The number of nitrogens with one attached hydrogen (secondary N) is 1. The summed E-state index contributed by atoms with van der Waals surface area (Å²) in [6.45, 7) is 10.4. The molecular weight excluding hydrogens is 516 g/mol. The van der Waals surface area contributed by atoms with E-state index in [1.807, 2.05) is 51.2 Å². The zero-order valence-electron chi connectivity index (χ0n) is 18.1. The highest BCUT2D eigenvalue weighted by atomic mass is 79.9. The molecule has 164 valence electrons. The number of carbonyl (C=O) groups excluding carboxylic acids is 2. The predicted molar refractivity (Wildman–Crippen MR) is 125 cm³/mol. The fourth-order valence-electron chi connectivity index (χ4n) is 2.96. The van der Waals surface area contributed by atoms with Crippen molar-refractivity contribution < 1.29 is 19.1 Å². The molecule has 1 heterocycles. The first-order chi connectivity index (χ1) is 13.8. The topological polar surface area (TPSA) is 67.9 Å². The van der Waals surface area contributed by atoms with Gasteiger partial charge in [-0.2, -0.15) is 0 Å². The second kappa shape index (κ2) is 9.56. The third-order valence-electron chi connectivity index (χ3n) is 4.05. The number of ether oxygens (including phenoxy) is 2. The molecule has 8 heteroatoms. The van der Waals surface area contributed by atoms with Crippen LogP contribution in [-0.4, -0.2) is 40.0 Å². The van der Waals surface area contributed by atoms with Crippen molar-refractivity contribution in [3.63, 3.8) is 0 Å². The minimum absolute atomic E-state index is 0.121. The number of halogens is 2. The molecular formula is C22H28Br2N2O4. The van der Waals surface area contributed by atoms with E-state index in [1.165, 1.54) is 11.8 Å². The lowest BCUT2D eigenvalue weighted by molar-refractivity contribution is -0.154. The van der Waals surface area contributed by atoms with Gasteiger partial charge in [0.1, 0.15) is 17.0 Å². The van der Waals surface area contributed by atoms with Crippen LogP contribution in [0.25, 0.3) is 0 Å². The summed E-state index contributed by atoms with van der Waals surface area (Å²) in [7, 11) is 0. The van der Waals surface area contributed by atoms with Crippen LogP contribution in [0.2, 0.25) is 0 Å². The predicted octanol–water partition coefficient (Wildman–Crippen LogP) is 5.43. The maximum atomic E-state index is 13.0. The van der Waals surface area contributed by atoms with Crippen LogP contribution in [0.1, 0.15) is 41.5 Å². The molecule has 0 bridgehead atoms. The molecule has 0 saturated carbocycles. The summed E-state index contributed by atoms with van der Waals surface area (Å²) < 4.78 is 12.0. The smallest absolute Gasteiger partial charge is 0.416 e. The average Bonchev–Trinajstić information content (AvgIpc) is 2.75. The molecule has 1 aliphatic carbocycles. The lowest BCUT2D eigenvalue weighted by atomic mass is 10.1. The van der Waals surface area contributed by atoms with Gasteiger partial charge in [0, 0.05) is 28.0 Å². The molecule has 0 atom stereocenters. The number of esters is 1. The number of alkyl halides is 1. The number of allylic oxidation sites excluding steroid dienone is 7. The maximum absolute atomic E-state index is 13.0. The number of dihydropyridines is 1. The second-order valence-corrected chi connectivity index (χ2v) is 9.94. The van der Waals surface area contributed by atoms with Crippen LogP contribution in [0.5, 0.6) is 0 Å². The summed E-state index contributed by atoms with van der Waals surface area (Å²) >= 11 is 7.17. The van der Waals surface area contributed by atoms with Crippen LogP contribution < -0.4 is 5.32 Å². The van der Waals surface area contributed by atoms with E-state index in [9.17, 15) is 9.59 Å². The van der Waals surface area contributed by atoms with E-state index in [-0.39, 0.29) is 6.54 Å². The Balaban J connectivity index is 2.43. The van der Waals surface area contributed by atoms with Gasteiger partial charge in [-0.15, -0.1) is 0 Å². The Hall–Kier alpha value is -1.80. The molecule has 0 aromatic heterocycles. The normalized spacial score (nSPS) is 16.5. The molecule has 2 rings (SSSR count). The van der Waals surface area contributed by atoms with Gasteiger partial charge in [-0.25, -0.2) is 4.79 Å². The Labute approximate surface area is 195 Å². The van der Waals surface area contributed by atoms with E-state index < -0.39 is 23.3 Å². The Kier molecular flexibility index (Phi) is 7.80. The summed E-state index contributed by atoms with van der Waals surface area (Å²) in [6.07, 6.45) is 9.14. The largest absolute Gasteiger partial charge is 0.458 e. The van der Waals surface area contributed by atoms with E-state index in [4.69, 9.17) is 9.47 Å². The maximum Gasteiger partial charge on any atom is 0.416 e. The van der Waals surface area contributed by atoms with Crippen molar-refractivity contribution in [3.8, 4) is 0 Å². The first-order valence-electron chi connectivity index (χ1n) is 9.56. The number of fused-ring (bicyclic) bond motifs is 1. The van der Waals surface area contributed by atoms with Crippen LogP contribution in [0.15, 0.2) is 57.5 Å². The van der Waals surface area contributed by atoms with Crippen molar-refractivity contribution in [1.29, 1.82) is 0 Å². The summed E-state index contributed by atoms with van der Waals surface area (Å²) in [5.41, 5.74) is 1.34. The standard InChI is InChI=1S/C22H28Br2N2O4/c1-14(27)29-22(5,6)13-26(20(28)30-21(2,3)4)18-11-10-16-17(25-18)9-7-8-15(12-23)19(16)24/h7-11,25H,12-13H2,1-6H3. The highest BCUT2D eigenvalue weighted by Crippen LogP contribution is 2.33. The van der Waals surface area contributed by atoms with Crippen LogP contribution in [0, 0.1) is 0 Å². The lowest BCUT2D eigenvalue weighted by Crippen LogP contribution is -2.48. The molecule has 0 saturated heterocycles. The van der Waals surface area contributed by atoms with E-state index >= 15 is 0 Å². The first kappa shape index (κ1) is 24.5. The molecule has 30 heavy (non-hydrogen) atoms. The van der Waals surface area contributed by atoms with Crippen molar-refractivity contribution in [2.75, 3.05) is 11.9 Å². The van der Waals surface area contributed by atoms with E-state index in [1.54, 1.807) is 13.8 Å². The Bertz CT molecular complexity index is 874. The zero-order chi connectivity index (χ0) is 22.7. The van der Waals surface area contributed by atoms with Crippen molar-refractivity contribution in [3.05, 3.63) is 57.5 Å². The Morgan fingerprint density at radius 2 is 1.77 bits per heavy atom. The lowest BCUT2D eigenvalue weighted by Gasteiger charge is -2.36. The molecule has 0 aromatic rings. The molecule has 0 aromatic carbocycles. The molecule has 2 aliphatic rings. The highest BCUT2D eigenvalue weighted by Gasteiger charge is 2.34. The van der Waals surface area contributed by atoms with E-state index in [0.29, 0.717) is 11.2 Å². The van der Waals surface area contributed by atoms with Gasteiger partial charge in [0.15, 0.2) is 0 Å². The van der Waals surface area contributed by atoms with Crippen molar-refractivity contribution in [1.82, 2.24) is 10.2 Å². The van der Waals surface area contributed by atoms with E-state index in [0.717, 1.165) is 21.3 Å². The molecule has 0 radical (unpaired) electrons. The van der Waals surface area contributed by atoms with Crippen LogP contribution in [0.4, 0.5) is 4.79 Å². The fraction of sp³-hybridized carbons (Fsp3) is 0.455. The second-order valence-electron chi connectivity index (χ2n) is 8.59. The summed E-state index contributed by atoms with van der Waals surface area (Å²) in [6, 6.07) is 0. The summed E-state index contributed by atoms with van der Waals surface area (Å²) in [4.78, 5) is 26.0. The van der Waals surface area contributed by atoms with Crippen molar-refractivity contribution >= 4 is 43.9 Å². The summed E-state index contributed by atoms with van der Waals surface area (Å²) in [5.74, 6) is 0.125. The van der Waals surface area contributed by atoms with Gasteiger partial charge in [0.2, 0.25) is 0 Å². The fourth-order valence-corrected chi connectivity index (χ4v) is 4.42. The van der Waals surface area contributed by atoms with Gasteiger partial charge >= 0.3 is 12.1 Å². The van der Waals surface area contributed by atoms with Gasteiger partial charge in [-0.05, 0) is 74.3 Å². The number of rotatable bonds is 5. The van der Waals surface area contributed by atoms with Gasteiger partial charge < -0.3 is 14.8 Å².